The molecule has 0 amide bonds. The Balaban J connectivity index is 2.35. The zero-order valence-corrected chi connectivity index (χ0v) is 13.6. The summed E-state index contributed by atoms with van der Waals surface area (Å²) in [4.78, 5) is 8.42. The highest BCUT2D eigenvalue weighted by Crippen LogP contribution is 2.30. The van der Waals surface area contributed by atoms with Crippen LogP contribution >= 0.6 is 15.9 Å². The van der Waals surface area contributed by atoms with Gasteiger partial charge in [0.2, 0.25) is 5.88 Å². The molecule has 6 heteroatoms. The van der Waals surface area contributed by atoms with Crippen molar-refractivity contribution in [2.45, 2.75) is 26.7 Å². The van der Waals surface area contributed by atoms with Crippen LogP contribution < -0.4 is 10.1 Å². The number of hydrogen-bond acceptors (Lipinski definition) is 4. The van der Waals surface area contributed by atoms with Crippen LogP contribution in [0.2, 0.25) is 0 Å². The molecular formula is C15H17BrFN3O. The fourth-order valence-corrected chi connectivity index (χ4v) is 2.42. The molecule has 0 aliphatic carbocycles. The maximum Gasteiger partial charge on any atom is 0.227 e. The first-order chi connectivity index (χ1) is 10.1. The Bertz CT molecular complexity index is 602. The molecule has 1 aromatic carbocycles. The van der Waals surface area contributed by atoms with Crippen molar-refractivity contribution in [1.82, 2.24) is 9.97 Å². The molecule has 0 radical (unpaired) electrons. The summed E-state index contributed by atoms with van der Waals surface area (Å²) in [7, 11) is 0. The van der Waals surface area contributed by atoms with E-state index in [1.165, 1.54) is 18.5 Å². The van der Waals surface area contributed by atoms with Crippen molar-refractivity contribution in [2.75, 3.05) is 11.9 Å². The highest BCUT2D eigenvalue weighted by Gasteiger charge is 2.13. The molecule has 0 atom stereocenters. The van der Waals surface area contributed by atoms with Gasteiger partial charge < -0.3 is 10.1 Å². The summed E-state index contributed by atoms with van der Waals surface area (Å²) in [6.07, 6.45) is 3.17. The van der Waals surface area contributed by atoms with Crippen LogP contribution in [0.1, 0.15) is 25.8 Å². The monoisotopic (exact) mass is 353 g/mol. The fourth-order valence-electron chi connectivity index (χ4n) is 1.98. The lowest BCUT2D eigenvalue weighted by atomic mass is 10.1. The molecule has 1 aromatic heterocycles. The van der Waals surface area contributed by atoms with E-state index in [-0.39, 0.29) is 5.82 Å². The number of nitrogens with one attached hydrogen (secondary N) is 1. The molecule has 2 rings (SSSR count). The molecule has 4 nitrogen and oxygen atoms in total. The second kappa shape index (κ2) is 7.36. The SMILES string of the molecule is CCCc1c(NCC)ncnc1Oc1cc(F)cc(Br)c1. The quantitative estimate of drug-likeness (QED) is 0.827. The van der Waals surface area contributed by atoms with E-state index in [1.807, 2.05) is 6.92 Å². The highest BCUT2D eigenvalue weighted by molar-refractivity contribution is 9.10. The zero-order chi connectivity index (χ0) is 15.2. The van der Waals surface area contributed by atoms with E-state index >= 15 is 0 Å². The topological polar surface area (TPSA) is 47.0 Å². The Kier molecular flexibility index (Phi) is 5.50. The van der Waals surface area contributed by atoms with E-state index < -0.39 is 0 Å². The van der Waals surface area contributed by atoms with E-state index in [4.69, 9.17) is 4.74 Å². The molecule has 0 aliphatic heterocycles. The molecule has 0 aliphatic rings. The lowest BCUT2D eigenvalue weighted by molar-refractivity contribution is 0.449. The molecular weight excluding hydrogens is 337 g/mol. The predicted octanol–water partition coefficient (Wildman–Crippen LogP) is 4.55. The lowest BCUT2D eigenvalue weighted by Gasteiger charge is -2.13. The fraction of sp³-hybridized carbons (Fsp3) is 0.333. The predicted molar refractivity (Wildman–Crippen MR) is 84.4 cm³/mol. The molecule has 112 valence electrons. The van der Waals surface area contributed by atoms with Crippen molar-refractivity contribution in [3.63, 3.8) is 0 Å². The molecule has 0 spiro atoms. The van der Waals surface area contributed by atoms with Gasteiger partial charge in [-0.1, -0.05) is 29.3 Å². The summed E-state index contributed by atoms with van der Waals surface area (Å²) in [5, 5.41) is 3.20. The Hall–Kier alpha value is -1.69. The Morgan fingerprint density at radius 1 is 1.24 bits per heavy atom. The third-order valence-electron chi connectivity index (χ3n) is 2.80. The van der Waals surface area contributed by atoms with Crippen LogP contribution in [0.25, 0.3) is 0 Å². The number of hydrogen-bond donors (Lipinski definition) is 1. The van der Waals surface area contributed by atoms with Crippen LogP contribution in [0.15, 0.2) is 29.0 Å². The minimum absolute atomic E-state index is 0.364. The summed E-state index contributed by atoms with van der Waals surface area (Å²) < 4.78 is 19.8. The zero-order valence-electron chi connectivity index (χ0n) is 12.0. The van der Waals surface area contributed by atoms with Gasteiger partial charge in [0.05, 0.1) is 5.56 Å². The first kappa shape index (κ1) is 15.7. The number of aromatic nitrogens is 2. The lowest BCUT2D eigenvalue weighted by Crippen LogP contribution is -2.06. The average Bonchev–Trinajstić information content (AvgIpc) is 2.41. The number of halogens is 2. The molecule has 1 heterocycles. The molecule has 0 saturated heterocycles. The Labute approximate surface area is 131 Å². The highest BCUT2D eigenvalue weighted by atomic mass is 79.9. The van der Waals surface area contributed by atoms with Gasteiger partial charge in [-0.3, -0.25) is 0 Å². The van der Waals surface area contributed by atoms with Crippen LogP contribution in [-0.2, 0) is 6.42 Å². The van der Waals surface area contributed by atoms with Gasteiger partial charge in [0.1, 0.15) is 23.7 Å². The van der Waals surface area contributed by atoms with Crippen molar-refractivity contribution >= 4 is 21.7 Å². The second-order valence-electron chi connectivity index (χ2n) is 4.49. The smallest absolute Gasteiger partial charge is 0.227 e. The third kappa shape index (κ3) is 4.14. The van der Waals surface area contributed by atoms with E-state index in [9.17, 15) is 4.39 Å². The molecule has 0 fully saturated rings. The molecule has 2 aromatic rings. The van der Waals surface area contributed by atoms with E-state index in [1.54, 1.807) is 6.07 Å². The maximum absolute atomic E-state index is 13.4. The number of nitrogens with zero attached hydrogens (tertiary/aromatic N) is 2. The van der Waals surface area contributed by atoms with Crippen molar-refractivity contribution in [2.24, 2.45) is 0 Å². The number of anilines is 1. The second-order valence-corrected chi connectivity index (χ2v) is 5.41. The van der Waals surface area contributed by atoms with Gasteiger partial charge in [-0.2, -0.15) is 0 Å². The van der Waals surface area contributed by atoms with Crippen molar-refractivity contribution in [3.05, 3.63) is 40.4 Å². The Morgan fingerprint density at radius 3 is 2.71 bits per heavy atom. The van der Waals surface area contributed by atoms with Gasteiger partial charge in [-0.05, 0) is 25.5 Å². The van der Waals surface area contributed by atoms with Crippen LogP contribution in [-0.4, -0.2) is 16.5 Å². The summed E-state index contributed by atoms with van der Waals surface area (Å²) in [6.45, 7) is 4.84. The summed E-state index contributed by atoms with van der Waals surface area (Å²) >= 11 is 3.25. The van der Waals surface area contributed by atoms with Crippen LogP contribution in [0.5, 0.6) is 11.6 Å². The van der Waals surface area contributed by atoms with Crippen LogP contribution in [0, 0.1) is 5.82 Å². The maximum atomic E-state index is 13.4. The minimum Gasteiger partial charge on any atom is -0.438 e. The van der Waals surface area contributed by atoms with Gasteiger partial charge in [0, 0.05) is 17.1 Å². The normalized spacial score (nSPS) is 10.5. The molecule has 1 N–H and O–H groups in total. The first-order valence-electron chi connectivity index (χ1n) is 6.85. The van der Waals surface area contributed by atoms with Crippen LogP contribution in [0.3, 0.4) is 0 Å². The number of benzene rings is 1. The van der Waals surface area contributed by atoms with Crippen molar-refractivity contribution in [3.8, 4) is 11.6 Å². The van der Waals surface area contributed by atoms with E-state index in [2.05, 4.69) is 38.1 Å². The summed E-state index contributed by atoms with van der Waals surface area (Å²) in [5.74, 6) is 1.26. The first-order valence-corrected chi connectivity index (χ1v) is 7.65. The third-order valence-corrected chi connectivity index (χ3v) is 3.26. The molecule has 0 unspecified atom stereocenters. The number of rotatable bonds is 6. The molecule has 21 heavy (non-hydrogen) atoms. The molecule has 0 bridgehead atoms. The standard InChI is InChI=1S/C15H17BrFN3O/c1-3-5-13-14(18-4-2)19-9-20-15(13)21-12-7-10(16)6-11(17)8-12/h6-9H,3-5H2,1-2H3,(H,18,19,20). The van der Waals surface area contributed by atoms with Crippen molar-refractivity contribution in [1.29, 1.82) is 0 Å². The van der Waals surface area contributed by atoms with E-state index in [0.717, 1.165) is 30.8 Å². The van der Waals surface area contributed by atoms with Gasteiger partial charge in [-0.15, -0.1) is 0 Å². The number of ether oxygens (including phenoxy) is 1. The largest absolute Gasteiger partial charge is 0.438 e. The van der Waals surface area contributed by atoms with Gasteiger partial charge in [-0.25, -0.2) is 14.4 Å². The van der Waals surface area contributed by atoms with Gasteiger partial charge in [0.25, 0.3) is 0 Å². The average molecular weight is 354 g/mol. The van der Waals surface area contributed by atoms with Crippen molar-refractivity contribution < 1.29 is 9.13 Å². The Morgan fingerprint density at radius 2 is 2.05 bits per heavy atom. The van der Waals surface area contributed by atoms with Crippen LogP contribution in [0.4, 0.5) is 10.2 Å². The van der Waals surface area contributed by atoms with E-state index in [0.29, 0.717) is 16.1 Å². The molecule has 0 saturated carbocycles. The van der Waals surface area contributed by atoms with Gasteiger partial charge >= 0.3 is 0 Å². The summed E-state index contributed by atoms with van der Waals surface area (Å²) in [6, 6.07) is 4.41. The van der Waals surface area contributed by atoms with Gasteiger partial charge in [0.15, 0.2) is 0 Å². The minimum atomic E-state index is -0.364. The summed E-state index contributed by atoms with van der Waals surface area (Å²) in [5.41, 5.74) is 0.905.